The fraction of sp³-hybridized carbons (Fsp3) is 0.529. The topological polar surface area (TPSA) is 12.0 Å². The predicted molar refractivity (Wildman–Crippen MR) is 76.7 cm³/mol. The van der Waals surface area contributed by atoms with Gasteiger partial charge in [-0.2, -0.15) is 0 Å². The van der Waals surface area contributed by atoms with Crippen LogP contribution in [0, 0.1) is 5.41 Å². The SMILES string of the molecule is C=C(C)CC1NC2CC(C)(C)C1c1ccccc12.[Cl-]. The Kier molecular flexibility index (Phi) is 3.81. The molecule has 2 heteroatoms. The lowest BCUT2D eigenvalue weighted by Crippen LogP contribution is -3.00. The molecule has 1 aliphatic carbocycles. The molecule has 3 unspecified atom stereocenters. The van der Waals surface area contributed by atoms with Crippen LogP contribution in [0.15, 0.2) is 36.4 Å². The minimum Gasteiger partial charge on any atom is -1.00 e. The molecule has 104 valence electrons. The summed E-state index contributed by atoms with van der Waals surface area (Å²) >= 11 is 0. The molecular weight excluding hydrogens is 254 g/mol. The largest absolute Gasteiger partial charge is 1.00 e. The lowest BCUT2D eigenvalue weighted by Gasteiger charge is -2.54. The van der Waals surface area contributed by atoms with Crippen LogP contribution >= 0.6 is 0 Å². The summed E-state index contributed by atoms with van der Waals surface area (Å²) < 4.78 is 0. The number of benzene rings is 1. The molecular formula is C17H23ClN-. The van der Waals surface area contributed by atoms with Gasteiger partial charge in [-0.1, -0.05) is 43.7 Å². The van der Waals surface area contributed by atoms with Gasteiger partial charge in [0, 0.05) is 18.0 Å². The highest BCUT2D eigenvalue weighted by Crippen LogP contribution is 2.55. The lowest BCUT2D eigenvalue weighted by molar-refractivity contribution is -0.00000562. The second kappa shape index (κ2) is 4.96. The third-order valence-corrected chi connectivity index (χ3v) is 4.66. The van der Waals surface area contributed by atoms with Crippen molar-refractivity contribution >= 4 is 0 Å². The van der Waals surface area contributed by atoms with Gasteiger partial charge in [0.2, 0.25) is 0 Å². The first kappa shape index (κ1) is 14.6. The van der Waals surface area contributed by atoms with Crippen LogP contribution in [-0.4, -0.2) is 6.04 Å². The van der Waals surface area contributed by atoms with E-state index in [1.807, 2.05) is 0 Å². The number of rotatable bonds is 2. The fourth-order valence-corrected chi connectivity index (χ4v) is 4.11. The number of nitrogens with one attached hydrogen (secondary N) is 1. The lowest BCUT2D eigenvalue weighted by atomic mass is 9.58. The van der Waals surface area contributed by atoms with Gasteiger partial charge in [-0.05, 0) is 36.3 Å². The van der Waals surface area contributed by atoms with Crippen LogP contribution in [0.1, 0.15) is 56.7 Å². The molecule has 1 nitrogen and oxygen atoms in total. The Hall–Kier alpha value is -0.790. The molecule has 2 bridgehead atoms. The highest BCUT2D eigenvalue weighted by Gasteiger charge is 2.48. The van der Waals surface area contributed by atoms with Crippen molar-refractivity contribution in [3.63, 3.8) is 0 Å². The molecule has 1 N–H and O–H groups in total. The van der Waals surface area contributed by atoms with Crippen LogP contribution in [0.4, 0.5) is 0 Å². The van der Waals surface area contributed by atoms with Crippen molar-refractivity contribution in [2.45, 2.75) is 51.6 Å². The molecule has 3 atom stereocenters. The standard InChI is InChI=1S/C17H23N.ClH/c1-11(2)9-14-16-13-8-6-5-7-12(13)15(18-14)10-17(16,3)4;/h5-8,14-16,18H,1,9-10H2,2-4H3;1H/p-1. The highest BCUT2D eigenvalue weighted by atomic mass is 35.5. The molecule has 0 amide bonds. The summed E-state index contributed by atoms with van der Waals surface area (Å²) in [4.78, 5) is 0. The van der Waals surface area contributed by atoms with E-state index in [1.54, 1.807) is 5.56 Å². The monoisotopic (exact) mass is 276 g/mol. The second-order valence-corrected chi connectivity index (χ2v) is 6.79. The second-order valence-electron chi connectivity index (χ2n) is 6.79. The summed E-state index contributed by atoms with van der Waals surface area (Å²) in [6.07, 6.45) is 2.35. The van der Waals surface area contributed by atoms with E-state index in [0.29, 0.717) is 23.4 Å². The summed E-state index contributed by atoms with van der Waals surface area (Å²) in [6.45, 7) is 11.1. The molecule has 1 aromatic carbocycles. The average molecular weight is 277 g/mol. The Bertz CT molecular complexity index is 492. The Morgan fingerprint density at radius 1 is 1.32 bits per heavy atom. The first-order valence-corrected chi connectivity index (χ1v) is 6.98. The molecule has 1 saturated heterocycles. The summed E-state index contributed by atoms with van der Waals surface area (Å²) in [5.41, 5.74) is 4.78. The van der Waals surface area contributed by atoms with E-state index in [2.05, 4.69) is 56.9 Å². The van der Waals surface area contributed by atoms with Crippen molar-refractivity contribution in [1.29, 1.82) is 0 Å². The van der Waals surface area contributed by atoms with Gasteiger partial charge in [0.1, 0.15) is 0 Å². The number of piperidine rings is 1. The zero-order chi connectivity index (χ0) is 12.9. The maximum Gasteiger partial charge on any atom is 0.0331 e. The van der Waals surface area contributed by atoms with E-state index in [-0.39, 0.29) is 12.4 Å². The van der Waals surface area contributed by atoms with Crippen molar-refractivity contribution in [2.75, 3.05) is 0 Å². The molecule has 1 fully saturated rings. The van der Waals surface area contributed by atoms with Crippen molar-refractivity contribution in [2.24, 2.45) is 5.41 Å². The Labute approximate surface area is 122 Å². The van der Waals surface area contributed by atoms with Gasteiger partial charge in [0.25, 0.3) is 0 Å². The summed E-state index contributed by atoms with van der Waals surface area (Å²) in [5, 5.41) is 3.84. The summed E-state index contributed by atoms with van der Waals surface area (Å²) in [7, 11) is 0. The van der Waals surface area contributed by atoms with Gasteiger partial charge in [0.15, 0.2) is 0 Å². The van der Waals surface area contributed by atoms with Gasteiger partial charge < -0.3 is 17.7 Å². The van der Waals surface area contributed by atoms with E-state index >= 15 is 0 Å². The molecule has 19 heavy (non-hydrogen) atoms. The zero-order valence-corrected chi connectivity index (χ0v) is 12.8. The van der Waals surface area contributed by atoms with Gasteiger partial charge in [-0.15, -0.1) is 6.58 Å². The minimum absolute atomic E-state index is 0. The number of fused-ring (bicyclic) bond motifs is 2. The fourth-order valence-electron chi connectivity index (χ4n) is 4.11. The molecule has 0 spiro atoms. The van der Waals surface area contributed by atoms with Crippen LogP contribution in [-0.2, 0) is 0 Å². The van der Waals surface area contributed by atoms with Crippen LogP contribution in [0.25, 0.3) is 0 Å². The predicted octanol–water partition coefficient (Wildman–Crippen LogP) is 1.18. The van der Waals surface area contributed by atoms with Crippen LogP contribution < -0.4 is 17.7 Å². The maximum absolute atomic E-state index is 4.10. The summed E-state index contributed by atoms with van der Waals surface area (Å²) in [6, 6.07) is 10.1. The van der Waals surface area contributed by atoms with Gasteiger partial charge in [-0.3, -0.25) is 0 Å². The molecule has 3 aliphatic rings. The number of halogens is 1. The quantitative estimate of drug-likeness (QED) is 0.800. The normalized spacial score (nSPS) is 30.4. The average Bonchev–Trinajstić information content (AvgIpc) is 2.26. The zero-order valence-electron chi connectivity index (χ0n) is 12.0. The van der Waals surface area contributed by atoms with E-state index < -0.39 is 0 Å². The van der Waals surface area contributed by atoms with Crippen LogP contribution in [0.5, 0.6) is 0 Å². The van der Waals surface area contributed by atoms with Crippen molar-refractivity contribution < 1.29 is 12.4 Å². The van der Waals surface area contributed by atoms with Crippen molar-refractivity contribution in [3.05, 3.63) is 47.5 Å². The van der Waals surface area contributed by atoms with Gasteiger partial charge in [-0.25, -0.2) is 0 Å². The Morgan fingerprint density at radius 2 is 1.95 bits per heavy atom. The molecule has 0 radical (unpaired) electrons. The van der Waals surface area contributed by atoms with E-state index in [0.717, 1.165) is 6.42 Å². The first-order valence-electron chi connectivity index (χ1n) is 6.98. The molecule has 2 aliphatic heterocycles. The molecule has 0 aromatic heterocycles. The van der Waals surface area contributed by atoms with Crippen molar-refractivity contribution in [1.82, 2.24) is 5.32 Å². The van der Waals surface area contributed by atoms with E-state index in [4.69, 9.17) is 0 Å². The Balaban J connectivity index is 0.00000133. The number of hydrogen-bond donors (Lipinski definition) is 1. The van der Waals surface area contributed by atoms with Crippen molar-refractivity contribution in [3.8, 4) is 0 Å². The smallest absolute Gasteiger partial charge is 0.0331 e. The third-order valence-electron chi connectivity index (χ3n) is 4.66. The molecule has 1 aromatic rings. The summed E-state index contributed by atoms with van der Waals surface area (Å²) in [5.74, 6) is 0.621. The first-order chi connectivity index (χ1) is 8.49. The van der Waals surface area contributed by atoms with Gasteiger partial charge in [0.05, 0.1) is 0 Å². The van der Waals surface area contributed by atoms with Gasteiger partial charge >= 0.3 is 0 Å². The molecule has 4 rings (SSSR count). The Morgan fingerprint density at radius 3 is 2.58 bits per heavy atom. The highest BCUT2D eigenvalue weighted by molar-refractivity contribution is 5.41. The third kappa shape index (κ3) is 2.34. The van der Waals surface area contributed by atoms with E-state index in [9.17, 15) is 0 Å². The number of hydrogen-bond acceptors (Lipinski definition) is 1. The minimum atomic E-state index is 0. The van der Waals surface area contributed by atoms with Crippen LogP contribution in [0.2, 0.25) is 0 Å². The maximum atomic E-state index is 4.10. The van der Waals surface area contributed by atoms with Crippen LogP contribution in [0.3, 0.4) is 0 Å². The molecule has 0 saturated carbocycles. The van der Waals surface area contributed by atoms with E-state index in [1.165, 1.54) is 17.6 Å². The molecule has 2 heterocycles.